The first-order chi connectivity index (χ1) is 14.4. The molecule has 2 aliphatic heterocycles. The van der Waals surface area contributed by atoms with E-state index in [1.165, 1.54) is 6.08 Å². The zero-order valence-corrected chi connectivity index (χ0v) is 18.3. The topological polar surface area (TPSA) is 97.2 Å². The van der Waals surface area contributed by atoms with Crippen LogP contribution >= 0.6 is 0 Å². The van der Waals surface area contributed by atoms with Gasteiger partial charge in [-0.1, -0.05) is 12.2 Å². The molecule has 3 rings (SSSR count). The fourth-order valence-electron chi connectivity index (χ4n) is 4.95. The van der Waals surface area contributed by atoms with Crippen LogP contribution in [0.25, 0.3) is 0 Å². The number of hydrogen-bond acceptors (Lipinski definition) is 7. The lowest BCUT2D eigenvalue weighted by Gasteiger charge is -2.38. The molecule has 1 aliphatic carbocycles. The van der Waals surface area contributed by atoms with Gasteiger partial charge >= 0.3 is 5.97 Å². The van der Waals surface area contributed by atoms with E-state index in [0.29, 0.717) is 12.8 Å². The van der Waals surface area contributed by atoms with Crippen LogP contribution in [0.3, 0.4) is 0 Å². The number of esters is 1. The molecule has 0 spiro atoms. The number of fused-ring (bicyclic) bond motifs is 1. The van der Waals surface area contributed by atoms with Gasteiger partial charge in [-0.15, -0.1) is 0 Å². The Morgan fingerprint density at radius 1 is 1.17 bits per heavy atom. The van der Waals surface area contributed by atoms with Gasteiger partial charge in [-0.05, 0) is 70.9 Å². The fraction of sp³-hybridized carbons (Fsp3) is 0.783. The minimum Gasteiger partial charge on any atom is -0.460 e. The maximum atomic E-state index is 12.0. The molecular formula is C23H37NO6. The largest absolute Gasteiger partial charge is 0.460 e. The van der Waals surface area contributed by atoms with Crippen LogP contribution in [0, 0.1) is 11.8 Å². The lowest BCUT2D eigenvalue weighted by Crippen LogP contribution is -2.54. The summed E-state index contributed by atoms with van der Waals surface area (Å²) in [5.74, 6) is -0.280. The SMILES string of the molecule is CN[C@H]1[C@@H](O)C[C@H](O[C@@H]2C[C@H]3[C@H](O)/C=C/C(=O)O[C@@H](C)CCC/C=C/[C@@H]3C2)O[C@@H]1C. The van der Waals surface area contributed by atoms with Crippen molar-refractivity contribution in [2.45, 2.75) is 95.2 Å². The summed E-state index contributed by atoms with van der Waals surface area (Å²) in [6.07, 6.45) is 9.74. The van der Waals surface area contributed by atoms with E-state index in [4.69, 9.17) is 14.2 Å². The number of nitrogens with one attached hydrogen (secondary N) is 1. The van der Waals surface area contributed by atoms with Crippen LogP contribution < -0.4 is 5.32 Å². The van der Waals surface area contributed by atoms with Gasteiger partial charge in [-0.2, -0.15) is 0 Å². The van der Waals surface area contributed by atoms with E-state index in [1.807, 2.05) is 20.9 Å². The Kier molecular flexibility index (Phi) is 8.48. The monoisotopic (exact) mass is 423 g/mol. The second-order valence-electron chi connectivity index (χ2n) is 8.90. The molecule has 2 heterocycles. The molecule has 7 nitrogen and oxygen atoms in total. The smallest absolute Gasteiger partial charge is 0.330 e. The normalized spacial score (nSPS) is 45.4. The minimum absolute atomic E-state index is 0.0375. The Morgan fingerprint density at radius 2 is 1.97 bits per heavy atom. The number of aliphatic hydroxyl groups is 2. The average molecular weight is 424 g/mol. The lowest BCUT2D eigenvalue weighted by atomic mass is 9.90. The summed E-state index contributed by atoms with van der Waals surface area (Å²) in [6, 6.07) is -0.107. The summed E-state index contributed by atoms with van der Waals surface area (Å²) in [5, 5.41) is 24.2. The summed E-state index contributed by atoms with van der Waals surface area (Å²) in [6.45, 7) is 3.83. The predicted molar refractivity (Wildman–Crippen MR) is 113 cm³/mol. The summed E-state index contributed by atoms with van der Waals surface area (Å²) in [7, 11) is 1.82. The number of cyclic esters (lactones) is 1. The van der Waals surface area contributed by atoms with Crippen LogP contribution in [0.2, 0.25) is 0 Å². The summed E-state index contributed by atoms with van der Waals surface area (Å²) >= 11 is 0. The highest BCUT2D eigenvalue weighted by atomic mass is 16.7. The Morgan fingerprint density at radius 3 is 2.70 bits per heavy atom. The Bertz CT molecular complexity index is 611. The number of rotatable bonds is 3. The summed E-state index contributed by atoms with van der Waals surface area (Å²) in [4.78, 5) is 12.0. The van der Waals surface area contributed by atoms with Crippen molar-refractivity contribution in [2.75, 3.05) is 7.05 Å². The molecule has 0 aromatic carbocycles. The third-order valence-corrected chi connectivity index (χ3v) is 6.57. The van der Waals surface area contributed by atoms with Crippen molar-refractivity contribution >= 4 is 5.97 Å². The van der Waals surface area contributed by atoms with Gasteiger partial charge in [0.2, 0.25) is 0 Å². The summed E-state index contributed by atoms with van der Waals surface area (Å²) in [5.41, 5.74) is 0. The van der Waals surface area contributed by atoms with Crippen LogP contribution in [0.5, 0.6) is 0 Å². The van der Waals surface area contributed by atoms with E-state index < -0.39 is 24.5 Å². The third kappa shape index (κ3) is 6.14. The molecule has 3 aliphatic rings. The molecule has 7 heteroatoms. The average Bonchev–Trinajstić information content (AvgIpc) is 3.07. The van der Waals surface area contributed by atoms with E-state index >= 15 is 0 Å². The number of carbonyl (C=O) groups is 1. The number of likely N-dealkylation sites (N-methyl/N-ethyl adjacent to an activating group) is 1. The molecule has 1 saturated heterocycles. The van der Waals surface area contributed by atoms with E-state index in [1.54, 1.807) is 6.08 Å². The Hall–Kier alpha value is -1.25. The van der Waals surface area contributed by atoms with Crippen LogP contribution in [0.15, 0.2) is 24.3 Å². The number of aliphatic hydroxyl groups excluding tert-OH is 2. The first kappa shape index (κ1) is 23.4. The van der Waals surface area contributed by atoms with Gasteiger partial charge in [0, 0.05) is 12.5 Å². The highest BCUT2D eigenvalue weighted by Crippen LogP contribution is 2.39. The highest BCUT2D eigenvalue weighted by molar-refractivity contribution is 5.82. The number of allylic oxidation sites excluding steroid dienone is 2. The van der Waals surface area contributed by atoms with Crippen molar-refractivity contribution in [3.63, 3.8) is 0 Å². The van der Waals surface area contributed by atoms with Crippen LogP contribution in [-0.4, -0.2) is 66.1 Å². The van der Waals surface area contributed by atoms with E-state index in [-0.39, 0.29) is 36.2 Å². The van der Waals surface area contributed by atoms with Gasteiger partial charge < -0.3 is 29.7 Å². The third-order valence-electron chi connectivity index (χ3n) is 6.57. The van der Waals surface area contributed by atoms with Gasteiger partial charge in [0.15, 0.2) is 6.29 Å². The summed E-state index contributed by atoms with van der Waals surface area (Å²) < 4.78 is 17.5. The predicted octanol–water partition coefficient (Wildman–Crippen LogP) is 2.07. The number of ether oxygens (including phenoxy) is 3. The maximum Gasteiger partial charge on any atom is 0.330 e. The Balaban J connectivity index is 1.64. The van der Waals surface area contributed by atoms with Crippen molar-refractivity contribution in [2.24, 2.45) is 11.8 Å². The molecule has 0 amide bonds. The first-order valence-electron chi connectivity index (χ1n) is 11.3. The highest BCUT2D eigenvalue weighted by Gasteiger charge is 2.41. The molecule has 30 heavy (non-hydrogen) atoms. The van der Waals surface area contributed by atoms with Crippen molar-refractivity contribution in [1.29, 1.82) is 0 Å². The van der Waals surface area contributed by atoms with E-state index in [2.05, 4.69) is 17.5 Å². The molecule has 0 radical (unpaired) electrons. The van der Waals surface area contributed by atoms with Crippen LogP contribution in [0.1, 0.15) is 52.4 Å². The van der Waals surface area contributed by atoms with E-state index in [9.17, 15) is 15.0 Å². The molecule has 2 fully saturated rings. The van der Waals surface area contributed by atoms with Crippen molar-refractivity contribution in [1.82, 2.24) is 5.32 Å². The number of hydrogen-bond donors (Lipinski definition) is 3. The van der Waals surface area contributed by atoms with Crippen molar-refractivity contribution < 1.29 is 29.2 Å². The van der Waals surface area contributed by atoms with Crippen molar-refractivity contribution in [3.05, 3.63) is 24.3 Å². The number of carbonyl (C=O) groups excluding carboxylic acids is 1. The van der Waals surface area contributed by atoms with Gasteiger partial charge in [0.1, 0.15) is 0 Å². The van der Waals surface area contributed by atoms with Gasteiger partial charge in [0.25, 0.3) is 0 Å². The first-order valence-corrected chi connectivity index (χ1v) is 11.3. The van der Waals surface area contributed by atoms with Crippen LogP contribution in [0.4, 0.5) is 0 Å². The fourth-order valence-corrected chi connectivity index (χ4v) is 4.95. The quantitative estimate of drug-likeness (QED) is 0.472. The van der Waals surface area contributed by atoms with Crippen LogP contribution in [-0.2, 0) is 19.0 Å². The Labute approximate surface area is 179 Å². The second kappa shape index (κ2) is 10.9. The molecule has 0 bridgehead atoms. The standard InChI is InChI=1S/C23H37NO6/c1-14-7-5-4-6-8-16-11-17(12-18(16)19(25)9-10-21(27)28-14)30-22-13-20(26)23(24-3)15(2)29-22/h6,8-10,14-20,22-26H,4-5,7,11-13H2,1-3H3/b8-6+,10-9+/t14-,15+,16+,17-,18+,19+,20-,22-,23+/m0/s1. The van der Waals surface area contributed by atoms with Gasteiger partial charge in [0.05, 0.1) is 36.6 Å². The lowest BCUT2D eigenvalue weighted by molar-refractivity contribution is -0.237. The second-order valence-corrected chi connectivity index (χ2v) is 8.90. The molecule has 0 aromatic heterocycles. The van der Waals surface area contributed by atoms with Gasteiger partial charge in [-0.25, -0.2) is 4.79 Å². The minimum atomic E-state index is -0.748. The molecule has 1 saturated carbocycles. The molecular weight excluding hydrogens is 386 g/mol. The molecule has 0 aromatic rings. The van der Waals surface area contributed by atoms with Gasteiger partial charge in [-0.3, -0.25) is 0 Å². The zero-order chi connectivity index (χ0) is 21.7. The molecule has 170 valence electrons. The van der Waals surface area contributed by atoms with E-state index in [0.717, 1.165) is 25.7 Å². The zero-order valence-electron chi connectivity index (χ0n) is 18.3. The molecule has 0 unspecified atom stereocenters. The maximum absolute atomic E-state index is 12.0. The molecule has 9 atom stereocenters. The van der Waals surface area contributed by atoms with Crippen molar-refractivity contribution in [3.8, 4) is 0 Å². The molecule has 3 N–H and O–H groups in total.